The Labute approximate surface area is 177 Å². The highest BCUT2D eigenvalue weighted by Gasteiger charge is 2.26. The minimum atomic E-state index is -0.611. The van der Waals surface area contributed by atoms with Crippen molar-refractivity contribution in [3.63, 3.8) is 0 Å². The van der Waals surface area contributed by atoms with Gasteiger partial charge >= 0.3 is 5.97 Å². The number of benzene rings is 2. The van der Waals surface area contributed by atoms with Gasteiger partial charge in [0.05, 0.1) is 17.3 Å². The molecule has 158 valence electrons. The van der Waals surface area contributed by atoms with E-state index in [0.29, 0.717) is 30.1 Å². The second kappa shape index (κ2) is 10.1. The van der Waals surface area contributed by atoms with Gasteiger partial charge in [-0.3, -0.25) is 9.59 Å². The van der Waals surface area contributed by atoms with Crippen LogP contribution in [0.25, 0.3) is 0 Å². The number of hydrogen-bond donors (Lipinski definition) is 1. The van der Waals surface area contributed by atoms with Gasteiger partial charge in [0.15, 0.2) is 6.61 Å². The molecule has 1 N–H and O–H groups in total. The Morgan fingerprint density at radius 2 is 1.77 bits per heavy atom. The van der Waals surface area contributed by atoms with E-state index in [2.05, 4.69) is 19.2 Å². The predicted octanol–water partition coefficient (Wildman–Crippen LogP) is 3.87. The van der Waals surface area contributed by atoms with Crippen LogP contribution >= 0.6 is 0 Å². The van der Waals surface area contributed by atoms with Gasteiger partial charge in [0.25, 0.3) is 5.91 Å². The molecule has 2 aromatic rings. The number of nitrogens with zero attached hydrogens (tertiary/aromatic N) is 1. The Bertz CT molecular complexity index is 895. The quantitative estimate of drug-likeness (QED) is 0.673. The van der Waals surface area contributed by atoms with Crippen LogP contribution in [-0.4, -0.2) is 30.9 Å². The highest BCUT2D eigenvalue weighted by molar-refractivity contribution is 6.03. The van der Waals surface area contributed by atoms with Crippen molar-refractivity contribution in [2.45, 2.75) is 39.2 Å². The molecule has 0 spiro atoms. The summed E-state index contributed by atoms with van der Waals surface area (Å²) in [7, 11) is 0. The molecule has 6 nitrogen and oxygen atoms in total. The third-order valence-electron chi connectivity index (χ3n) is 5.07. The smallest absolute Gasteiger partial charge is 0.340 e. The van der Waals surface area contributed by atoms with E-state index < -0.39 is 5.97 Å². The van der Waals surface area contributed by atoms with Crippen LogP contribution in [0.4, 0.5) is 5.69 Å². The number of esters is 1. The fourth-order valence-electron chi connectivity index (χ4n) is 3.66. The molecule has 2 amide bonds. The van der Waals surface area contributed by atoms with Crippen LogP contribution in [0.1, 0.15) is 55.1 Å². The van der Waals surface area contributed by atoms with Crippen LogP contribution in [0.3, 0.4) is 0 Å². The zero-order valence-corrected chi connectivity index (χ0v) is 17.5. The molecule has 0 saturated carbocycles. The molecule has 30 heavy (non-hydrogen) atoms. The molecule has 0 unspecified atom stereocenters. The SMILES string of the molecule is CC(C)C[C@@H](NC(=O)COC(=O)c1ccccc1N1CCCC1=O)c1ccccc1. The molecule has 0 bridgehead atoms. The van der Waals surface area contributed by atoms with E-state index in [9.17, 15) is 14.4 Å². The number of anilines is 1. The molecule has 1 saturated heterocycles. The first-order valence-electron chi connectivity index (χ1n) is 10.4. The second-order valence-electron chi connectivity index (χ2n) is 7.90. The van der Waals surface area contributed by atoms with Crippen LogP contribution in [0.2, 0.25) is 0 Å². The summed E-state index contributed by atoms with van der Waals surface area (Å²) in [5.74, 6) is -0.580. The van der Waals surface area contributed by atoms with Gasteiger partial charge in [-0.1, -0.05) is 56.3 Å². The number of para-hydroxylation sites is 1. The first kappa shape index (κ1) is 21.6. The Morgan fingerprint density at radius 1 is 1.07 bits per heavy atom. The highest BCUT2D eigenvalue weighted by Crippen LogP contribution is 2.26. The maximum Gasteiger partial charge on any atom is 0.340 e. The average molecular weight is 408 g/mol. The molecule has 1 aliphatic rings. The Balaban J connectivity index is 1.63. The van der Waals surface area contributed by atoms with Crippen LogP contribution in [0.15, 0.2) is 54.6 Å². The molecule has 3 rings (SSSR count). The van der Waals surface area contributed by atoms with E-state index in [1.54, 1.807) is 29.2 Å². The summed E-state index contributed by atoms with van der Waals surface area (Å²) in [6.45, 7) is 4.40. The van der Waals surface area contributed by atoms with Crippen LogP contribution in [0, 0.1) is 5.92 Å². The number of hydrogen-bond acceptors (Lipinski definition) is 4. The molecule has 1 aliphatic heterocycles. The van der Waals surface area contributed by atoms with Crippen LogP contribution < -0.4 is 10.2 Å². The number of nitrogens with one attached hydrogen (secondary N) is 1. The fourth-order valence-corrected chi connectivity index (χ4v) is 3.66. The summed E-state index contributed by atoms with van der Waals surface area (Å²) < 4.78 is 5.28. The third kappa shape index (κ3) is 5.47. The molecule has 0 aromatic heterocycles. The molecular weight excluding hydrogens is 380 g/mol. The number of amides is 2. The van der Waals surface area contributed by atoms with E-state index in [1.165, 1.54) is 0 Å². The van der Waals surface area contributed by atoms with Crippen LogP contribution in [0.5, 0.6) is 0 Å². The number of carbonyl (C=O) groups is 3. The molecule has 0 radical (unpaired) electrons. The summed E-state index contributed by atoms with van der Waals surface area (Å²) in [6.07, 6.45) is 2.02. The van der Waals surface area contributed by atoms with Crippen molar-refractivity contribution in [1.82, 2.24) is 5.32 Å². The van der Waals surface area contributed by atoms with Crippen molar-refractivity contribution < 1.29 is 19.1 Å². The van der Waals surface area contributed by atoms with Gasteiger partial charge in [-0.25, -0.2) is 4.79 Å². The molecule has 1 fully saturated rings. The fraction of sp³-hybridized carbons (Fsp3) is 0.375. The summed E-state index contributed by atoms with van der Waals surface area (Å²) in [6, 6.07) is 16.5. The van der Waals surface area contributed by atoms with Gasteiger partial charge in [0, 0.05) is 13.0 Å². The lowest BCUT2D eigenvalue weighted by molar-refractivity contribution is -0.125. The number of ether oxygens (including phenoxy) is 1. The van der Waals surface area contributed by atoms with E-state index in [0.717, 1.165) is 18.4 Å². The largest absolute Gasteiger partial charge is 0.452 e. The molecular formula is C24H28N2O4. The van der Waals surface area contributed by atoms with Crippen molar-refractivity contribution in [2.75, 3.05) is 18.1 Å². The van der Waals surface area contributed by atoms with Gasteiger partial charge in [0.2, 0.25) is 5.91 Å². The van der Waals surface area contributed by atoms with Gasteiger partial charge in [-0.15, -0.1) is 0 Å². The molecule has 1 heterocycles. The Hall–Kier alpha value is -3.15. The van der Waals surface area contributed by atoms with Crippen molar-refractivity contribution in [1.29, 1.82) is 0 Å². The van der Waals surface area contributed by atoms with Gasteiger partial charge in [-0.05, 0) is 36.5 Å². The second-order valence-corrected chi connectivity index (χ2v) is 7.90. The monoisotopic (exact) mass is 408 g/mol. The van der Waals surface area contributed by atoms with Crippen molar-refractivity contribution in [2.24, 2.45) is 5.92 Å². The zero-order valence-electron chi connectivity index (χ0n) is 17.5. The third-order valence-corrected chi connectivity index (χ3v) is 5.07. The van der Waals surface area contributed by atoms with E-state index in [1.807, 2.05) is 30.3 Å². The van der Waals surface area contributed by atoms with Gasteiger partial charge < -0.3 is 15.0 Å². The van der Waals surface area contributed by atoms with Crippen LogP contribution in [-0.2, 0) is 14.3 Å². The summed E-state index contributed by atoms with van der Waals surface area (Å²) in [4.78, 5) is 38.8. The van der Waals surface area contributed by atoms with E-state index in [-0.39, 0.29) is 24.5 Å². The first-order valence-corrected chi connectivity index (χ1v) is 10.4. The minimum Gasteiger partial charge on any atom is -0.452 e. The predicted molar refractivity (Wildman–Crippen MR) is 115 cm³/mol. The molecule has 2 aromatic carbocycles. The average Bonchev–Trinajstić information content (AvgIpc) is 3.17. The minimum absolute atomic E-state index is 0.00705. The Kier molecular flexibility index (Phi) is 7.22. The molecule has 1 atom stereocenters. The normalized spacial score (nSPS) is 14.6. The van der Waals surface area contributed by atoms with Gasteiger partial charge in [-0.2, -0.15) is 0 Å². The lowest BCUT2D eigenvalue weighted by atomic mass is 9.97. The maximum absolute atomic E-state index is 12.6. The van der Waals surface area contributed by atoms with Gasteiger partial charge in [0.1, 0.15) is 0 Å². The topological polar surface area (TPSA) is 75.7 Å². The lowest BCUT2D eigenvalue weighted by Gasteiger charge is -2.21. The first-order chi connectivity index (χ1) is 14.5. The zero-order chi connectivity index (χ0) is 21.5. The lowest BCUT2D eigenvalue weighted by Crippen LogP contribution is -2.33. The summed E-state index contributed by atoms with van der Waals surface area (Å²) >= 11 is 0. The van der Waals surface area contributed by atoms with Crippen molar-refractivity contribution >= 4 is 23.5 Å². The van der Waals surface area contributed by atoms with E-state index >= 15 is 0 Å². The number of carbonyl (C=O) groups excluding carboxylic acids is 3. The Morgan fingerprint density at radius 3 is 2.43 bits per heavy atom. The summed E-state index contributed by atoms with van der Waals surface area (Å²) in [5.41, 5.74) is 1.85. The number of rotatable bonds is 8. The summed E-state index contributed by atoms with van der Waals surface area (Å²) in [5, 5.41) is 2.97. The van der Waals surface area contributed by atoms with Crippen molar-refractivity contribution in [3.05, 3.63) is 65.7 Å². The highest BCUT2D eigenvalue weighted by atomic mass is 16.5. The maximum atomic E-state index is 12.6. The van der Waals surface area contributed by atoms with E-state index in [4.69, 9.17) is 4.74 Å². The molecule has 0 aliphatic carbocycles. The standard InChI is InChI=1S/C24H28N2O4/c1-17(2)15-20(18-9-4-3-5-10-18)25-22(27)16-30-24(29)19-11-6-7-12-21(19)26-14-8-13-23(26)28/h3-7,9-12,17,20H,8,13-16H2,1-2H3,(H,25,27)/t20-/m1/s1. The van der Waals surface area contributed by atoms with Crippen molar-refractivity contribution in [3.8, 4) is 0 Å². The molecule has 6 heteroatoms.